The van der Waals surface area contributed by atoms with Crippen LogP contribution in [0.1, 0.15) is 0 Å². The second-order valence-electron chi connectivity index (χ2n) is 7.57. The van der Waals surface area contributed by atoms with Crippen molar-refractivity contribution in [1.29, 1.82) is 0 Å². The van der Waals surface area contributed by atoms with Crippen LogP contribution in [0.15, 0.2) is 42.5 Å². The molecule has 168 valence electrons. The largest absolute Gasteiger partial charge is 0.497 e. The molecule has 0 radical (unpaired) electrons. The van der Waals surface area contributed by atoms with Crippen LogP contribution < -0.4 is 34.1 Å². The topological polar surface area (TPSA) is 74.9 Å². The molecular weight excluding hydrogens is 398 g/mol. The van der Waals surface area contributed by atoms with E-state index in [2.05, 4.69) is 5.32 Å². The molecule has 1 aliphatic rings. The number of hydrogen-bond donors (Lipinski definition) is 3. The second kappa shape index (κ2) is 11.4. The van der Waals surface area contributed by atoms with E-state index in [0.717, 1.165) is 44.2 Å². The number of carbonyl (C=O) groups excluding carboxylic acids is 1. The van der Waals surface area contributed by atoms with Gasteiger partial charge in [-0.1, -0.05) is 0 Å². The molecule has 2 aromatic rings. The van der Waals surface area contributed by atoms with Crippen LogP contribution in [0.2, 0.25) is 0 Å². The van der Waals surface area contributed by atoms with Gasteiger partial charge in [0, 0.05) is 6.07 Å². The van der Waals surface area contributed by atoms with E-state index < -0.39 is 0 Å². The summed E-state index contributed by atoms with van der Waals surface area (Å²) >= 11 is 0. The van der Waals surface area contributed by atoms with Crippen molar-refractivity contribution in [2.45, 2.75) is 0 Å². The lowest BCUT2D eigenvalue weighted by Crippen LogP contribution is -3.28. The van der Waals surface area contributed by atoms with E-state index in [9.17, 15) is 4.79 Å². The van der Waals surface area contributed by atoms with Crippen LogP contribution in [0.3, 0.4) is 0 Å². The third kappa shape index (κ3) is 6.77. The molecule has 0 bridgehead atoms. The fourth-order valence-corrected chi connectivity index (χ4v) is 3.70. The molecule has 0 spiro atoms. The predicted molar refractivity (Wildman–Crippen MR) is 118 cm³/mol. The normalized spacial score (nSPS) is 18.2. The predicted octanol–water partition coefficient (Wildman–Crippen LogP) is -0.487. The van der Waals surface area contributed by atoms with Crippen molar-refractivity contribution in [3.05, 3.63) is 42.5 Å². The van der Waals surface area contributed by atoms with E-state index in [-0.39, 0.29) is 5.91 Å². The van der Waals surface area contributed by atoms with Gasteiger partial charge in [0.05, 0.1) is 27.0 Å². The zero-order valence-corrected chi connectivity index (χ0v) is 18.5. The van der Waals surface area contributed by atoms with Crippen molar-refractivity contribution in [3.63, 3.8) is 0 Å². The van der Waals surface area contributed by atoms with Gasteiger partial charge in [-0.05, 0) is 36.4 Å². The van der Waals surface area contributed by atoms with Gasteiger partial charge in [0.25, 0.3) is 5.91 Å². The molecule has 0 aliphatic carbocycles. The first-order chi connectivity index (χ1) is 15.1. The number of ether oxygens (including phenoxy) is 4. The minimum atomic E-state index is -0.0205. The number of piperazine rings is 1. The summed E-state index contributed by atoms with van der Waals surface area (Å²) in [6.07, 6.45) is 0. The molecule has 31 heavy (non-hydrogen) atoms. The fourth-order valence-electron chi connectivity index (χ4n) is 3.70. The maximum Gasteiger partial charge on any atom is 0.279 e. The number of rotatable bonds is 10. The quantitative estimate of drug-likeness (QED) is 0.474. The zero-order chi connectivity index (χ0) is 22.1. The van der Waals surface area contributed by atoms with E-state index in [0.29, 0.717) is 30.3 Å². The molecule has 1 aliphatic heterocycles. The highest BCUT2D eigenvalue weighted by Crippen LogP contribution is 2.28. The maximum atomic E-state index is 12.5. The summed E-state index contributed by atoms with van der Waals surface area (Å²) in [7, 11) is 4.84. The van der Waals surface area contributed by atoms with Crippen LogP contribution in [-0.2, 0) is 4.79 Å². The van der Waals surface area contributed by atoms with Crippen LogP contribution in [0.25, 0.3) is 0 Å². The number of quaternary nitrogens is 2. The molecule has 3 N–H and O–H groups in total. The van der Waals surface area contributed by atoms with Crippen LogP contribution >= 0.6 is 0 Å². The molecule has 0 atom stereocenters. The van der Waals surface area contributed by atoms with E-state index >= 15 is 0 Å². The Morgan fingerprint density at radius 2 is 1.45 bits per heavy atom. The van der Waals surface area contributed by atoms with Gasteiger partial charge in [0.1, 0.15) is 62.3 Å². The van der Waals surface area contributed by atoms with E-state index in [1.54, 1.807) is 39.5 Å². The van der Waals surface area contributed by atoms with E-state index in [1.807, 2.05) is 24.3 Å². The van der Waals surface area contributed by atoms with Crippen molar-refractivity contribution in [2.75, 3.05) is 72.5 Å². The van der Waals surface area contributed by atoms with Crippen molar-refractivity contribution < 1.29 is 33.5 Å². The van der Waals surface area contributed by atoms with Crippen molar-refractivity contribution in [3.8, 4) is 23.0 Å². The number of hydrogen-bond acceptors (Lipinski definition) is 5. The van der Waals surface area contributed by atoms with E-state index in [1.165, 1.54) is 9.80 Å². The molecule has 8 heteroatoms. The third-order valence-corrected chi connectivity index (χ3v) is 5.54. The molecule has 1 amide bonds. The van der Waals surface area contributed by atoms with Gasteiger partial charge in [-0.2, -0.15) is 0 Å². The number of nitrogens with one attached hydrogen (secondary N) is 3. The van der Waals surface area contributed by atoms with Gasteiger partial charge in [0.15, 0.2) is 6.54 Å². The number of anilines is 1. The van der Waals surface area contributed by atoms with Crippen LogP contribution in [0, 0.1) is 0 Å². The summed E-state index contributed by atoms with van der Waals surface area (Å²) in [6.45, 7) is 6.03. The number of amides is 1. The van der Waals surface area contributed by atoms with E-state index in [4.69, 9.17) is 18.9 Å². The van der Waals surface area contributed by atoms with Gasteiger partial charge in [-0.3, -0.25) is 4.79 Å². The molecule has 0 saturated carbocycles. The van der Waals surface area contributed by atoms with Crippen molar-refractivity contribution in [1.82, 2.24) is 0 Å². The summed E-state index contributed by atoms with van der Waals surface area (Å²) in [5, 5.41) is 2.95. The van der Waals surface area contributed by atoms with Crippen LogP contribution in [0.5, 0.6) is 23.0 Å². The van der Waals surface area contributed by atoms with Crippen LogP contribution in [-0.4, -0.2) is 73.1 Å². The molecule has 0 aromatic heterocycles. The lowest BCUT2D eigenvalue weighted by Gasteiger charge is -2.29. The smallest absolute Gasteiger partial charge is 0.279 e. The summed E-state index contributed by atoms with van der Waals surface area (Å²) in [5.41, 5.74) is 0.631. The second-order valence-corrected chi connectivity index (χ2v) is 7.57. The zero-order valence-electron chi connectivity index (χ0n) is 18.5. The standard InChI is InChI=1S/C23H31N3O5/c1-28-18-4-6-19(7-5-18)31-15-14-25-10-12-26(13-11-25)17-23(27)24-21-16-20(29-2)8-9-22(21)30-3/h4-9,16H,10-15,17H2,1-3H3,(H,24,27)/p+2. The van der Waals surface area contributed by atoms with Gasteiger partial charge < -0.3 is 34.1 Å². The Bertz CT molecular complexity index is 836. The monoisotopic (exact) mass is 431 g/mol. The average molecular weight is 432 g/mol. The Kier molecular flexibility index (Phi) is 8.37. The Morgan fingerprint density at radius 3 is 2.10 bits per heavy atom. The van der Waals surface area contributed by atoms with Gasteiger partial charge in [-0.15, -0.1) is 0 Å². The SMILES string of the molecule is COc1ccc(OCC[NH+]2CC[NH+](CC(=O)Nc3cc(OC)ccc3OC)CC2)cc1. The Hall–Kier alpha value is -2.97. The minimum Gasteiger partial charge on any atom is -0.497 e. The Balaban J connectivity index is 1.38. The summed E-state index contributed by atoms with van der Waals surface area (Å²) in [6, 6.07) is 13.0. The minimum absolute atomic E-state index is 0.0205. The summed E-state index contributed by atoms with van der Waals surface area (Å²) in [4.78, 5) is 15.3. The molecule has 1 saturated heterocycles. The van der Waals surface area contributed by atoms with Crippen molar-refractivity contribution in [2.24, 2.45) is 0 Å². The highest BCUT2D eigenvalue weighted by Gasteiger charge is 2.25. The third-order valence-electron chi connectivity index (χ3n) is 5.54. The van der Waals surface area contributed by atoms with Gasteiger partial charge in [0.2, 0.25) is 0 Å². The lowest BCUT2D eigenvalue weighted by atomic mass is 10.2. The first-order valence-corrected chi connectivity index (χ1v) is 10.6. The highest BCUT2D eigenvalue weighted by molar-refractivity contribution is 5.93. The fraction of sp³-hybridized carbons (Fsp3) is 0.435. The Labute approximate surface area is 183 Å². The average Bonchev–Trinajstić information content (AvgIpc) is 2.80. The number of benzene rings is 2. The molecular formula is C23H33N3O5+2. The first kappa shape index (κ1) is 22.7. The number of carbonyl (C=O) groups is 1. The van der Waals surface area contributed by atoms with Gasteiger partial charge >= 0.3 is 0 Å². The summed E-state index contributed by atoms with van der Waals surface area (Å²) < 4.78 is 21.6. The molecule has 3 rings (SSSR count). The van der Waals surface area contributed by atoms with Crippen LogP contribution in [0.4, 0.5) is 5.69 Å². The number of methoxy groups -OCH3 is 3. The maximum absolute atomic E-state index is 12.5. The lowest BCUT2D eigenvalue weighted by molar-refractivity contribution is -1.01. The molecule has 1 heterocycles. The first-order valence-electron chi connectivity index (χ1n) is 10.6. The Morgan fingerprint density at radius 1 is 0.839 bits per heavy atom. The molecule has 0 unspecified atom stereocenters. The molecule has 8 nitrogen and oxygen atoms in total. The molecule has 2 aromatic carbocycles. The van der Waals surface area contributed by atoms with Gasteiger partial charge in [-0.25, -0.2) is 0 Å². The molecule has 1 fully saturated rings. The summed E-state index contributed by atoms with van der Waals surface area (Å²) in [5.74, 6) is 2.96. The highest BCUT2D eigenvalue weighted by atomic mass is 16.5. The van der Waals surface area contributed by atoms with Crippen molar-refractivity contribution >= 4 is 11.6 Å².